The first-order valence-electron chi connectivity index (χ1n) is 12.9. The van der Waals surface area contributed by atoms with Gasteiger partial charge in [-0.1, -0.05) is 47.5 Å². The minimum atomic E-state index is 0. The molecule has 0 aromatic heterocycles. The zero-order valence-corrected chi connectivity index (χ0v) is 20.8. The molecule has 0 aromatic carbocycles. The molecule has 0 bridgehead atoms. The van der Waals surface area contributed by atoms with Gasteiger partial charge in [-0.25, -0.2) is 0 Å². The van der Waals surface area contributed by atoms with Crippen molar-refractivity contribution in [1.29, 1.82) is 0 Å². The molecule has 4 saturated carbocycles. The Balaban J connectivity index is 0.00000218. The van der Waals surface area contributed by atoms with Gasteiger partial charge in [0.15, 0.2) is 0 Å². The molecule has 0 aromatic rings. The minimum Gasteiger partial charge on any atom is -0.374 e. The standard InChI is InChI=1S/C27H44O2.ClH/c1-16(2)22(28)15-23-17(3)25-24(29-23)14-21-19-10-9-18-8-6-7-12-26(18,4)20(19)11-13-27(21,25)5;/h16-21,23-25H,6-15H2,1-5H3;1H/t17-,18?,19-,20+,21+,23?,24+,25+,26+,27+;/m1./s1. The summed E-state index contributed by atoms with van der Waals surface area (Å²) in [5.41, 5.74) is 1.07. The predicted molar refractivity (Wildman–Crippen MR) is 125 cm³/mol. The summed E-state index contributed by atoms with van der Waals surface area (Å²) in [6.45, 7) is 11.8. The molecule has 172 valence electrons. The van der Waals surface area contributed by atoms with Crippen LogP contribution in [0.3, 0.4) is 0 Å². The molecule has 5 rings (SSSR count). The second-order valence-electron chi connectivity index (χ2n) is 12.6. The Hall–Kier alpha value is -0.0800. The molecule has 5 fully saturated rings. The fourth-order valence-electron chi connectivity index (χ4n) is 9.65. The Bertz CT molecular complexity index is 661. The molecule has 3 heteroatoms. The van der Waals surface area contributed by atoms with Gasteiger partial charge in [0.2, 0.25) is 0 Å². The quantitative estimate of drug-likeness (QED) is 0.472. The van der Waals surface area contributed by atoms with Crippen molar-refractivity contribution in [3.8, 4) is 0 Å². The summed E-state index contributed by atoms with van der Waals surface area (Å²) in [4.78, 5) is 12.4. The SMILES string of the molecule is CC(C)C(=O)CC1O[C@H]2C[C@H]3[C@@H]4CCC5CCCC[C@]5(C)[C@H]4CC[C@]3(C)[C@H]2[C@@H]1C.Cl. The van der Waals surface area contributed by atoms with Gasteiger partial charge in [-0.05, 0) is 91.3 Å². The molecule has 0 radical (unpaired) electrons. The van der Waals surface area contributed by atoms with Crippen molar-refractivity contribution in [3.63, 3.8) is 0 Å². The van der Waals surface area contributed by atoms with Crippen LogP contribution in [0.4, 0.5) is 0 Å². The predicted octanol–water partition coefficient (Wildman–Crippen LogP) is 7.09. The number of carbonyl (C=O) groups is 1. The smallest absolute Gasteiger partial charge is 0.138 e. The summed E-state index contributed by atoms with van der Waals surface area (Å²) in [7, 11) is 0. The van der Waals surface area contributed by atoms with Crippen LogP contribution in [-0.4, -0.2) is 18.0 Å². The molecule has 10 atom stereocenters. The van der Waals surface area contributed by atoms with E-state index in [1.807, 2.05) is 13.8 Å². The van der Waals surface area contributed by atoms with Crippen LogP contribution in [0, 0.1) is 52.3 Å². The molecule has 4 aliphatic carbocycles. The molecule has 2 nitrogen and oxygen atoms in total. The lowest BCUT2D eigenvalue weighted by atomic mass is 9.44. The van der Waals surface area contributed by atoms with Crippen LogP contribution >= 0.6 is 12.4 Å². The Labute approximate surface area is 191 Å². The lowest BCUT2D eigenvalue weighted by Crippen LogP contribution is -2.53. The number of halogens is 1. The summed E-state index contributed by atoms with van der Waals surface area (Å²) in [5, 5.41) is 0. The maximum atomic E-state index is 12.4. The highest BCUT2D eigenvalue weighted by atomic mass is 35.5. The molecule has 0 spiro atoms. The first-order valence-corrected chi connectivity index (χ1v) is 12.9. The lowest BCUT2D eigenvalue weighted by Gasteiger charge is -2.60. The highest BCUT2D eigenvalue weighted by Gasteiger charge is 2.65. The fraction of sp³-hybridized carbons (Fsp3) is 0.963. The second kappa shape index (κ2) is 8.05. The van der Waals surface area contributed by atoms with Crippen LogP contribution in [0.1, 0.15) is 98.8 Å². The number of ketones is 1. The van der Waals surface area contributed by atoms with E-state index in [0.717, 1.165) is 23.7 Å². The normalized spacial score (nSPS) is 52.1. The van der Waals surface area contributed by atoms with E-state index < -0.39 is 0 Å². The summed E-state index contributed by atoms with van der Waals surface area (Å²) in [6, 6.07) is 0. The van der Waals surface area contributed by atoms with E-state index in [1.54, 1.807) is 0 Å². The van der Waals surface area contributed by atoms with Crippen molar-refractivity contribution in [2.75, 3.05) is 0 Å². The van der Waals surface area contributed by atoms with Gasteiger partial charge in [-0.2, -0.15) is 0 Å². The first-order chi connectivity index (χ1) is 13.8. The molecule has 0 amide bonds. The molecule has 1 saturated heterocycles. The van der Waals surface area contributed by atoms with Crippen molar-refractivity contribution in [2.24, 2.45) is 52.3 Å². The highest BCUT2D eigenvalue weighted by molar-refractivity contribution is 5.85. The average molecular weight is 437 g/mol. The Morgan fingerprint density at radius 2 is 1.77 bits per heavy atom. The molecular formula is C27H45ClO2. The number of fused-ring (bicyclic) bond motifs is 7. The average Bonchev–Trinajstić information content (AvgIpc) is 3.15. The topological polar surface area (TPSA) is 26.3 Å². The van der Waals surface area contributed by atoms with Crippen LogP contribution in [-0.2, 0) is 9.53 Å². The number of hydrogen-bond donors (Lipinski definition) is 0. The lowest BCUT2D eigenvalue weighted by molar-refractivity contribution is -0.126. The second-order valence-corrected chi connectivity index (χ2v) is 12.6. The van der Waals surface area contributed by atoms with Gasteiger partial charge in [0.05, 0.1) is 12.2 Å². The van der Waals surface area contributed by atoms with E-state index in [2.05, 4.69) is 20.8 Å². The van der Waals surface area contributed by atoms with Gasteiger partial charge in [-0.15, -0.1) is 12.4 Å². The summed E-state index contributed by atoms with van der Waals surface area (Å²) >= 11 is 0. The van der Waals surface area contributed by atoms with Gasteiger partial charge in [-0.3, -0.25) is 4.79 Å². The first kappa shape index (κ1) is 23.1. The Morgan fingerprint density at radius 1 is 1.00 bits per heavy atom. The summed E-state index contributed by atoms with van der Waals surface area (Å²) in [6.07, 6.45) is 14.3. The van der Waals surface area contributed by atoms with Gasteiger partial charge in [0.25, 0.3) is 0 Å². The van der Waals surface area contributed by atoms with E-state index >= 15 is 0 Å². The van der Waals surface area contributed by atoms with Gasteiger partial charge >= 0.3 is 0 Å². The van der Waals surface area contributed by atoms with Crippen LogP contribution < -0.4 is 0 Å². The number of hydrogen-bond acceptors (Lipinski definition) is 2. The molecule has 30 heavy (non-hydrogen) atoms. The van der Waals surface area contributed by atoms with Gasteiger partial charge < -0.3 is 4.74 Å². The van der Waals surface area contributed by atoms with Crippen molar-refractivity contribution in [1.82, 2.24) is 0 Å². The molecule has 2 unspecified atom stereocenters. The Morgan fingerprint density at radius 3 is 2.50 bits per heavy atom. The zero-order chi connectivity index (χ0) is 20.6. The maximum absolute atomic E-state index is 12.4. The number of rotatable bonds is 3. The molecule has 0 N–H and O–H groups in total. The van der Waals surface area contributed by atoms with Crippen LogP contribution in [0.5, 0.6) is 0 Å². The molecule has 1 aliphatic heterocycles. The van der Waals surface area contributed by atoms with Crippen LogP contribution in [0.2, 0.25) is 0 Å². The third kappa shape index (κ3) is 3.25. The van der Waals surface area contributed by atoms with Crippen molar-refractivity contribution >= 4 is 18.2 Å². The maximum Gasteiger partial charge on any atom is 0.138 e. The molecule has 1 heterocycles. The minimum absolute atomic E-state index is 0. The largest absolute Gasteiger partial charge is 0.374 e. The Kier molecular flexibility index (Phi) is 6.20. The summed E-state index contributed by atoms with van der Waals surface area (Å²) in [5.74, 6) is 5.50. The van der Waals surface area contributed by atoms with Gasteiger partial charge in [0, 0.05) is 12.3 Å². The van der Waals surface area contributed by atoms with Crippen molar-refractivity contribution in [3.05, 3.63) is 0 Å². The molecule has 5 aliphatic rings. The van der Waals surface area contributed by atoms with Crippen molar-refractivity contribution < 1.29 is 9.53 Å². The van der Waals surface area contributed by atoms with Crippen LogP contribution in [0.15, 0.2) is 0 Å². The van der Waals surface area contributed by atoms with E-state index in [4.69, 9.17) is 4.74 Å². The van der Waals surface area contributed by atoms with E-state index in [0.29, 0.717) is 41.0 Å². The monoisotopic (exact) mass is 436 g/mol. The van der Waals surface area contributed by atoms with E-state index in [1.165, 1.54) is 57.8 Å². The number of carbonyl (C=O) groups excluding carboxylic acids is 1. The van der Waals surface area contributed by atoms with Crippen LogP contribution in [0.25, 0.3) is 0 Å². The van der Waals surface area contributed by atoms with Gasteiger partial charge in [0.1, 0.15) is 5.78 Å². The number of Topliss-reactive ketones (excluding diaryl/α,β-unsaturated/α-hetero) is 1. The molecular weight excluding hydrogens is 392 g/mol. The zero-order valence-electron chi connectivity index (χ0n) is 20.0. The van der Waals surface area contributed by atoms with Crippen molar-refractivity contribution in [2.45, 2.75) is 111 Å². The van der Waals surface area contributed by atoms with E-state index in [9.17, 15) is 4.79 Å². The third-order valence-corrected chi connectivity index (χ3v) is 11.2. The fourth-order valence-corrected chi connectivity index (χ4v) is 9.65. The highest BCUT2D eigenvalue weighted by Crippen LogP contribution is 2.70. The number of ether oxygens (including phenoxy) is 1. The summed E-state index contributed by atoms with van der Waals surface area (Å²) < 4.78 is 6.67. The van der Waals surface area contributed by atoms with E-state index in [-0.39, 0.29) is 24.4 Å². The third-order valence-electron chi connectivity index (χ3n) is 11.2.